The lowest BCUT2D eigenvalue weighted by Gasteiger charge is -2.51. The fourth-order valence-corrected chi connectivity index (χ4v) is 8.08. The van der Waals surface area contributed by atoms with Crippen LogP contribution in [0.4, 0.5) is 0 Å². The number of rotatable bonds is 13. The molecule has 0 aromatic rings. The van der Waals surface area contributed by atoms with E-state index in [0.29, 0.717) is 17.7 Å². The number of hydrogen-bond donors (Lipinski definition) is 3. The molecule has 3 N–H and O–H groups in total. The van der Waals surface area contributed by atoms with E-state index in [2.05, 4.69) is 5.32 Å². The zero-order valence-electron chi connectivity index (χ0n) is 36.8. The van der Waals surface area contributed by atoms with Crippen molar-refractivity contribution in [3.63, 3.8) is 0 Å². The number of nitrogens with one attached hydrogen (secondary N) is 1. The summed E-state index contributed by atoms with van der Waals surface area (Å²) in [6.45, 7) is 16.9. The zero-order chi connectivity index (χ0) is 44.2. The number of carbonyl (C=O) groups excluding carboxylic acids is 4. The number of ether oxygens (including phenoxy) is 7. The quantitative estimate of drug-likeness (QED) is 0.122. The second kappa shape index (κ2) is 22.5. The molecule has 3 rings (SSSR count). The Hall–Kier alpha value is -4.08. The molecule has 3 aliphatic rings. The Kier molecular flexibility index (Phi) is 18.8. The van der Waals surface area contributed by atoms with Crippen LogP contribution >= 0.6 is 0 Å². The summed E-state index contributed by atoms with van der Waals surface area (Å²) in [5.41, 5.74) is 2.20. The Balaban J connectivity index is 1.93. The number of carbonyl (C=O) groups is 4. The van der Waals surface area contributed by atoms with Gasteiger partial charge in [-0.3, -0.25) is 4.79 Å². The van der Waals surface area contributed by atoms with Gasteiger partial charge in [0.1, 0.15) is 24.9 Å². The molecule has 0 aromatic carbocycles. The third kappa shape index (κ3) is 13.5. The first-order valence-electron chi connectivity index (χ1n) is 20.4. The maximum Gasteiger partial charge on any atom is 0.373 e. The molecule has 0 radical (unpaired) electrons. The second-order valence-corrected chi connectivity index (χ2v) is 16.6. The van der Waals surface area contributed by atoms with Gasteiger partial charge in [-0.2, -0.15) is 0 Å². The molecule has 3 heterocycles. The standard InChI is InChI=1S/C45H67NO13/c1-25(2)42-30(7)36(57-39(49)19-18-38(48)56-24-33-16-17-37(47)46-33)23-45(55-12,59-42)32(9)41(51)31(8)43-34(53-10)15-13-14-26(3)20-28(5)40(50)29(6)21-27(4)22-35(54-11)44(52)58-43/h13-16,18-19,21-22,25,28-32,34,36,40-43,50-51H,17,20,23-24H2,1-12H3,(H,46,47)/b15-13+,19-18+,26-14+,27-21+,35-22-. The molecule has 0 aliphatic carbocycles. The number of amides is 1. The van der Waals surface area contributed by atoms with Crippen molar-refractivity contribution in [3.05, 3.63) is 71.2 Å². The van der Waals surface area contributed by atoms with Crippen molar-refractivity contribution in [3.8, 4) is 0 Å². The van der Waals surface area contributed by atoms with Crippen LogP contribution in [0.5, 0.6) is 0 Å². The highest BCUT2D eigenvalue weighted by molar-refractivity contribution is 5.92. The molecule has 0 spiro atoms. The van der Waals surface area contributed by atoms with Crippen molar-refractivity contribution in [2.24, 2.45) is 35.5 Å². The number of cyclic esters (lactones) is 1. The molecular weight excluding hydrogens is 762 g/mol. The molecule has 59 heavy (non-hydrogen) atoms. The first kappa shape index (κ1) is 49.3. The largest absolute Gasteiger partial charge is 0.490 e. The summed E-state index contributed by atoms with van der Waals surface area (Å²) in [7, 11) is 4.32. The van der Waals surface area contributed by atoms with Gasteiger partial charge in [0, 0.05) is 62.9 Å². The lowest BCUT2D eigenvalue weighted by Crippen LogP contribution is -2.60. The van der Waals surface area contributed by atoms with Gasteiger partial charge in [0.15, 0.2) is 5.79 Å². The number of methoxy groups -OCH3 is 3. The van der Waals surface area contributed by atoms with Crippen LogP contribution in [0.3, 0.4) is 0 Å². The fraction of sp³-hybridized carbons (Fsp3) is 0.644. The molecule has 1 saturated heterocycles. The first-order chi connectivity index (χ1) is 27.8. The van der Waals surface area contributed by atoms with Crippen LogP contribution in [0.15, 0.2) is 71.2 Å². The van der Waals surface area contributed by atoms with Crippen LogP contribution in [-0.4, -0.2) is 104 Å². The predicted molar refractivity (Wildman–Crippen MR) is 220 cm³/mol. The minimum atomic E-state index is -1.47. The number of aliphatic hydroxyl groups excluding tert-OH is 2. The van der Waals surface area contributed by atoms with E-state index in [1.54, 1.807) is 32.1 Å². The van der Waals surface area contributed by atoms with Gasteiger partial charge in [-0.25, -0.2) is 14.4 Å². The lowest BCUT2D eigenvalue weighted by molar-refractivity contribution is -0.339. The van der Waals surface area contributed by atoms with Crippen molar-refractivity contribution < 1.29 is 62.5 Å². The van der Waals surface area contributed by atoms with Gasteiger partial charge >= 0.3 is 17.9 Å². The normalized spacial score (nSPS) is 34.8. The highest BCUT2D eigenvalue weighted by Crippen LogP contribution is 2.44. The Morgan fingerprint density at radius 2 is 1.71 bits per heavy atom. The molecule has 14 nitrogen and oxygen atoms in total. The van der Waals surface area contributed by atoms with E-state index < -0.39 is 72.2 Å². The predicted octanol–water partition coefficient (Wildman–Crippen LogP) is 5.40. The lowest BCUT2D eigenvalue weighted by atomic mass is 9.76. The van der Waals surface area contributed by atoms with Crippen molar-refractivity contribution in [1.29, 1.82) is 0 Å². The van der Waals surface area contributed by atoms with E-state index in [1.165, 1.54) is 21.3 Å². The number of esters is 3. The number of hydrogen-bond acceptors (Lipinski definition) is 13. The molecule has 0 aromatic heterocycles. The molecule has 3 aliphatic heterocycles. The van der Waals surface area contributed by atoms with Crippen molar-refractivity contribution in [1.82, 2.24) is 5.32 Å². The average molecular weight is 830 g/mol. The van der Waals surface area contributed by atoms with Crippen molar-refractivity contribution in [2.45, 2.75) is 124 Å². The van der Waals surface area contributed by atoms with E-state index in [4.69, 9.17) is 33.2 Å². The SMILES string of the molecule is CO/C1=C\C(C)=C\C(C)C(O)C(C)C/C(C)=C/C=C/C(OC)C(C(C)C(O)C(C)C2(OC)CC(OC(=O)/C=C/C(=O)OCC3=CCC(=O)N3)C(C)C(C(C)C)O2)OC1=O. The summed E-state index contributed by atoms with van der Waals surface area (Å²) in [6, 6.07) is 0. The minimum absolute atomic E-state index is 0.0343. The van der Waals surface area contributed by atoms with Gasteiger partial charge in [-0.15, -0.1) is 0 Å². The van der Waals surface area contributed by atoms with Gasteiger partial charge in [0.25, 0.3) is 0 Å². The molecule has 1 amide bonds. The zero-order valence-corrected chi connectivity index (χ0v) is 36.8. The molecule has 12 atom stereocenters. The maximum atomic E-state index is 13.8. The fourth-order valence-electron chi connectivity index (χ4n) is 8.08. The third-order valence-corrected chi connectivity index (χ3v) is 11.6. The molecule has 0 saturated carbocycles. The number of aliphatic hydroxyl groups is 2. The van der Waals surface area contributed by atoms with Crippen LogP contribution < -0.4 is 5.32 Å². The van der Waals surface area contributed by atoms with Gasteiger partial charge in [-0.05, 0) is 38.2 Å². The van der Waals surface area contributed by atoms with Crippen LogP contribution in [0.1, 0.15) is 81.6 Å². The molecule has 12 unspecified atom stereocenters. The molecule has 0 bridgehead atoms. The van der Waals surface area contributed by atoms with E-state index in [9.17, 15) is 29.4 Å². The summed E-state index contributed by atoms with van der Waals surface area (Å²) < 4.78 is 41.4. The summed E-state index contributed by atoms with van der Waals surface area (Å²) in [5, 5.41) is 25.8. The Labute approximate surface area is 349 Å². The molecule has 14 heteroatoms. The first-order valence-corrected chi connectivity index (χ1v) is 20.4. The van der Waals surface area contributed by atoms with Gasteiger partial charge in [-0.1, -0.05) is 90.0 Å². The molecule has 330 valence electrons. The van der Waals surface area contributed by atoms with Gasteiger partial charge in [0.2, 0.25) is 11.7 Å². The summed E-state index contributed by atoms with van der Waals surface area (Å²) in [6.07, 6.45) is 8.47. The van der Waals surface area contributed by atoms with Crippen molar-refractivity contribution >= 4 is 23.8 Å². The van der Waals surface area contributed by atoms with E-state index in [0.717, 1.165) is 17.7 Å². The van der Waals surface area contributed by atoms with Crippen LogP contribution in [-0.2, 0) is 52.3 Å². The third-order valence-electron chi connectivity index (χ3n) is 11.6. The monoisotopic (exact) mass is 829 g/mol. The van der Waals surface area contributed by atoms with E-state index in [-0.39, 0.29) is 54.8 Å². The van der Waals surface area contributed by atoms with E-state index in [1.807, 2.05) is 66.7 Å². The van der Waals surface area contributed by atoms with Crippen molar-refractivity contribution in [2.75, 3.05) is 27.9 Å². The van der Waals surface area contributed by atoms with Gasteiger partial charge in [0.05, 0.1) is 31.1 Å². The van der Waals surface area contributed by atoms with Crippen LogP contribution in [0.2, 0.25) is 0 Å². The summed E-state index contributed by atoms with van der Waals surface area (Å²) >= 11 is 0. The topological polar surface area (TPSA) is 185 Å². The Morgan fingerprint density at radius 1 is 1.03 bits per heavy atom. The smallest absolute Gasteiger partial charge is 0.373 e. The molecular formula is C45H67NO13. The van der Waals surface area contributed by atoms with E-state index >= 15 is 0 Å². The number of allylic oxidation sites excluding steroid dienone is 5. The minimum Gasteiger partial charge on any atom is -0.490 e. The second-order valence-electron chi connectivity index (χ2n) is 16.6. The Bertz CT molecular complexity index is 1660. The summed E-state index contributed by atoms with van der Waals surface area (Å²) in [4.78, 5) is 50.6. The maximum absolute atomic E-state index is 13.8. The van der Waals surface area contributed by atoms with Crippen LogP contribution in [0, 0.1) is 35.5 Å². The van der Waals surface area contributed by atoms with Crippen LogP contribution in [0.25, 0.3) is 0 Å². The average Bonchev–Trinajstić information content (AvgIpc) is 3.62. The Morgan fingerprint density at radius 3 is 2.31 bits per heavy atom. The van der Waals surface area contributed by atoms with Gasteiger partial charge < -0.3 is 48.7 Å². The highest BCUT2D eigenvalue weighted by atomic mass is 16.7. The molecule has 1 fully saturated rings. The summed E-state index contributed by atoms with van der Waals surface area (Å²) in [5.74, 6) is -6.26. The highest BCUT2D eigenvalue weighted by Gasteiger charge is 2.54.